The third-order valence-electron chi connectivity index (χ3n) is 8.30. The molecule has 0 saturated heterocycles. The van der Waals surface area contributed by atoms with E-state index in [0.717, 1.165) is 14.2 Å². The van der Waals surface area contributed by atoms with Crippen LogP contribution in [0.5, 0.6) is 0 Å². The van der Waals surface area contributed by atoms with Crippen LogP contribution in [-0.4, -0.2) is 62.7 Å². The minimum atomic E-state index is -1.56. The predicted octanol–water partition coefficient (Wildman–Crippen LogP) is 8.34. The average Bonchev–Trinajstić information content (AvgIpc) is 3.31. The molecule has 0 bridgehead atoms. The molecular formula is C30H64O2Si6Ti. The summed E-state index contributed by atoms with van der Waals surface area (Å²) in [5.74, 6) is 0. The molecule has 0 amide bonds. The first-order valence-corrected chi connectivity index (χ1v) is 37.2. The maximum atomic E-state index is 8.25. The predicted molar refractivity (Wildman–Crippen MR) is 190 cm³/mol. The molecule has 2 aliphatic carbocycles. The summed E-state index contributed by atoms with van der Waals surface area (Å²) < 4.78 is 0.801. The van der Waals surface area contributed by atoms with Crippen LogP contribution in [0.3, 0.4) is 0 Å². The van der Waals surface area contributed by atoms with Crippen molar-refractivity contribution in [2.75, 3.05) is 14.2 Å². The molecule has 0 saturated carbocycles. The molecule has 2 rings (SSSR count). The summed E-state index contributed by atoms with van der Waals surface area (Å²) in [4.78, 5) is 0. The normalized spacial score (nSPS) is 24.4. The summed E-state index contributed by atoms with van der Waals surface area (Å²) in [5.41, 5.74) is 0. The molecule has 0 N–H and O–H groups in total. The first-order valence-electron chi connectivity index (χ1n) is 14.6. The summed E-state index contributed by atoms with van der Waals surface area (Å²) in [7, 11) is -7.36. The van der Waals surface area contributed by atoms with Crippen LogP contribution in [0, 0.1) is 0 Å². The zero-order chi connectivity index (χ0) is 31.8. The van der Waals surface area contributed by atoms with Crippen molar-refractivity contribution in [3.05, 3.63) is 45.1 Å². The number of rotatable bonds is 8. The van der Waals surface area contributed by atoms with Crippen molar-refractivity contribution in [3.63, 3.8) is 0 Å². The molecule has 224 valence electrons. The first-order chi connectivity index (χ1) is 17.1. The Morgan fingerprint density at radius 1 is 0.436 bits per heavy atom. The third-order valence-corrected chi connectivity index (χ3v) is 34.1. The first kappa shape index (κ1) is 39.9. The van der Waals surface area contributed by atoms with Crippen LogP contribution in [0.15, 0.2) is 45.1 Å². The van der Waals surface area contributed by atoms with Gasteiger partial charge in [0.25, 0.3) is 0 Å². The molecule has 0 radical (unpaired) electrons. The summed E-state index contributed by atoms with van der Waals surface area (Å²) in [6.45, 7) is 47.7. The summed E-state index contributed by atoms with van der Waals surface area (Å²) in [6, 6.07) is 0. The van der Waals surface area contributed by atoms with Gasteiger partial charge in [0.05, 0.1) is 0 Å². The maximum absolute atomic E-state index is 8.25. The van der Waals surface area contributed by atoms with Crippen LogP contribution in [-0.2, 0) is 19.2 Å². The Kier molecular flexibility index (Phi) is 13.2. The molecule has 0 aliphatic heterocycles. The van der Waals surface area contributed by atoms with Gasteiger partial charge in [-0.3, -0.25) is 0 Å². The number of allylic oxidation sites excluding steroid dienone is 8. The van der Waals surface area contributed by atoms with E-state index in [-0.39, 0.29) is 19.2 Å². The van der Waals surface area contributed by atoms with Crippen molar-refractivity contribution in [2.45, 2.75) is 125 Å². The minimum absolute atomic E-state index is 0.355. The molecule has 9 heteroatoms. The molecule has 2 unspecified atom stereocenters. The fourth-order valence-electron chi connectivity index (χ4n) is 5.86. The zero-order valence-corrected chi connectivity index (χ0v) is 37.2. The van der Waals surface area contributed by atoms with Crippen molar-refractivity contribution in [1.82, 2.24) is 0 Å². The van der Waals surface area contributed by atoms with Crippen molar-refractivity contribution in [2.24, 2.45) is 0 Å². The van der Waals surface area contributed by atoms with E-state index in [1.165, 1.54) is 0 Å². The quantitative estimate of drug-likeness (QED) is 0.244. The molecule has 0 aromatic heterocycles. The molecule has 0 heterocycles. The van der Waals surface area contributed by atoms with Gasteiger partial charge in [-0.1, -0.05) is 0 Å². The van der Waals surface area contributed by atoms with Crippen LogP contribution in [0.1, 0.15) is 0 Å². The summed E-state index contributed by atoms with van der Waals surface area (Å²) >= 11 is -0.355. The van der Waals surface area contributed by atoms with Gasteiger partial charge in [-0.15, -0.1) is 0 Å². The molecule has 0 aromatic carbocycles. The van der Waals surface area contributed by atoms with Crippen molar-refractivity contribution in [3.8, 4) is 0 Å². The van der Waals surface area contributed by atoms with Gasteiger partial charge < -0.3 is 10.2 Å². The van der Waals surface area contributed by atoms with Crippen LogP contribution in [0.25, 0.3) is 0 Å². The monoisotopic (exact) mass is 672 g/mol. The van der Waals surface area contributed by atoms with E-state index < -0.39 is 48.4 Å². The number of hydrogen-bond acceptors (Lipinski definition) is 2. The van der Waals surface area contributed by atoms with Gasteiger partial charge in [0.2, 0.25) is 0 Å². The SMILES string of the molecule is C[O-].C[O-].C[Si](C)(C)C1=C[C]([Ti+2][C]2([Si](C)(C)C)C=C([Si](C)(C)C)C=C2[Si](C)(C)C)([Si](C)(C)C)C([Si](C)(C)C)=C1. The topological polar surface area (TPSA) is 46.1 Å². The molecular weight excluding hydrogens is 609 g/mol. The van der Waals surface area contributed by atoms with Gasteiger partial charge >= 0.3 is 237 Å². The van der Waals surface area contributed by atoms with Crippen molar-refractivity contribution in [1.29, 1.82) is 0 Å². The van der Waals surface area contributed by atoms with E-state index in [4.69, 9.17) is 10.2 Å². The van der Waals surface area contributed by atoms with E-state index in [2.05, 4.69) is 142 Å². The molecule has 2 aliphatic rings. The summed E-state index contributed by atoms with van der Waals surface area (Å²) in [6.07, 6.45) is 11.6. The van der Waals surface area contributed by atoms with E-state index in [1.807, 2.05) is 10.4 Å². The van der Waals surface area contributed by atoms with Crippen LogP contribution >= 0.6 is 0 Å². The number of hydrogen-bond donors (Lipinski definition) is 0. The molecule has 2 atom stereocenters. The van der Waals surface area contributed by atoms with Gasteiger partial charge in [0.1, 0.15) is 0 Å². The Labute approximate surface area is 259 Å². The van der Waals surface area contributed by atoms with Gasteiger partial charge in [-0.2, -0.15) is 14.2 Å². The Morgan fingerprint density at radius 3 is 0.821 bits per heavy atom. The second-order valence-electron chi connectivity index (χ2n) is 17.6. The molecule has 39 heavy (non-hydrogen) atoms. The standard InChI is InChI=1S/2C14H29Si3.2CH3O.Ti/c2*1-15(2,3)12-10-13(16(4,5)6)14(11-12)17(7,8)9;2*1-2;/h2*10-11H,1-9H3;2*1H3;/q;;2*-1;+2. The average molecular weight is 673 g/mol. The van der Waals surface area contributed by atoms with E-state index in [0.29, 0.717) is 6.69 Å². The van der Waals surface area contributed by atoms with Gasteiger partial charge in [-0.05, 0) is 0 Å². The van der Waals surface area contributed by atoms with Gasteiger partial charge in [0, 0.05) is 0 Å². The Bertz CT molecular complexity index is 907. The fraction of sp³-hybridized carbons (Fsp3) is 0.733. The molecule has 0 spiro atoms. The summed E-state index contributed by atoms with van der Waals surface area (Å²) in [5, 5.41) is 23.9. The molecule has 0 fully saturated rings. The van der Waals surface area contributed by atoms with E-state index in [9.17, 15) is 0 Å². The zero-order valence-electron chi connectivity index (χ0n) is 29.6. The Morgan fingerprint density at radius 2 is 0.667 bits per heavy atom. The van der Waals surface area contributed by atoms with Crippen molar-refractivity contribution < 1.29 is 29.4 Å². The van der Waals surface area contributed by atoms with Gasteiger partial charge in [-0.25, -0.2) is 0 Å². The molecule has 2 nitrogen and oxygen atoms in total. The van der Waals surface area contributed by atoms with Crippen LogP contribution in [0.2, 0.25) is 125 Å². The molecule has 0 aromatic rings. The van der Waals surface area contributed by atoms with Crippen LogP contribution < -0.4 is 10.2 Å². The van der Waals surface area contributed by atoms with Gasteiger partial charge in [0.15, 0.2) is 0 Å². The van der Waals surface area contributed by atoms with Crippen molar-refractivity contribution >= 4 is 48.4 Å². The second kappa shape index (κ2) is 12.9. The Hall–Kier alpha value is 0.896. The van der Waals surface area contributed by atoms with Crippen LogP contribution in [0.4, 0.5) is 0 Å². The fourth-order valence-corrected chi connectivity index (χ4v) is 33.2. The third kappa shape index (κ3) is 8.51. The second-order valence-corrected chi connectivity index (χ2v) is 52.8. The van der Waals surface area contributed by atoms with E-state index in [1.54, 1.807) is 10.4 Å². The van der Waals surface area contributed by atoms with E-state index >= 15 is 0 Å². The Balaban J connectivity index is 0.00000344.